The van der Waals surface area contributed by atoms with E-state index >= 15 is 0 Å². The van der Waals surface area contributed by atoms with Gasteiger partial charge in [-0.1, -0.05) is 49.7 Å². The molecule has 3 rings (SSSR count). The number of carbonyl (C=O) groups excluding carboxylic acids is 1. The summed E-state index contributed by atoms with van der Waals surface area (Å²) in [5.41, 5.74) is 2.04. The summed E-state index contributed by atoms with van der Waals surface area (Å²) >= 11 is 1.25. The van der Waals surface area contributed by atoms with E-state index in [1.54, 1.807) is 17.7 Å². The van der Waals surface area contributed by atoms with E-state index in [2.05, 4.69) is 17.2 Å². The van der Waals surface area contributed by atoms with Crippen LogP contribution in [0.4, 0.5) is 0 Å². The van der Waals surface area contributed by atoms with E-state index in [4.69, 9.17) is 4.74 Å². The van der Waals surface area contributed by atoms with Crippen LogP contribution in [-0.4, -0.2) is 34.9 Å². The van der Waals surface area contributed by atoms with Crippen LogP contribution in [0.3, 0.4) is 0 Å². The highest BCUT2D eigenvalue weighted by atomic mass is 32.2. The fourth-order valence-corrected chi connectivity index (χ4v) is 4.02. The minimum atomic E-state index is -0.185. The molecule has 1 aromatic heterocycles. The Morgan fingerprint density at radius 2 is 2.00 bits per heavy atom. The minimum absolute atomic E-state index is 0.0683. The molecule has 1 amide bonds. The Labute approximate surface area is 180 Å². The number of aromatic nitrogens is 2. The average molecular weight is 426 g/mol. The largest absolute Gasteiger partial charge is 0.495 e. The number of benzene rings is 2. The lowest BCUT2D eigenvalue weighted by molar-refractivity contribution is -0.118. The summed E-state index contributed by atoms with van der Waals surface area (Å²) in [4.78, 5) is 30.3. The molecule has 7 heteroatoms. The van der Waals surface area contributed by atoms with E-state index in [0.29, 0.717) is 34.0 Å². The van der Waals surface area contributed by atoms with Crippen LogP contribution in [-0.2, 0) is 4.79 Å². The number of amides is 1. The highest BCUT2D eigenvalue weighted by Crippen LogP contribution is 2.28. The molecule has 0 saturated carbocycles. The molecule has 0 saturated heterocycles. The molecule has 0 atom stereocenters. The molecule has 3 aromatic rings. The quantitative estimate of drug-likeness (QED) is 0.317. The number of hydrogen-bond acceptors (Lipinski definition) is 5. The number of nitrogens with one attached hydrogen (secondary N) is 1. The maximum Gasteiger partial charge on any atom is 0.266 e. The Balaban J connectivity index is 1.99. The Kier molecular flexibility index (Phi) is 7.52. The zero-order valence-corrected chi connectivity index (χ0v) is 18.4. The van der Waals surface area contributed by atoms with Crippen LogP contribution in [0.5, 0.6) is 5.75 Å². The number of carbonyl (C=O) groups is 1. The number of unbranched alkanes of at least 4 members (excludes halogenated alkanes) is 2. The number of methoxy groups -OCH3 is 1. The first-order valence-corrected chi connectivity index (χ1v) is 11.1. The van der Waals surface area contributed by atoms with Crippen LogP contribution >= 0.6 is 11.8 Å². The van der Waals surface area contributed by atoms with E-state index in [9.17, 15) is 9.59 Å². The van der Waals surface area contributed by atoms with Gasteiger partial charge in [0.15, 0.2) is 5.16 Å². The van der Waals surface area contributed by atoms with Crippen molar-refractivity contribution in [2.45, 2.75) is 38.3 Å². The maximum absolute atomic E-state index is 13.4. The number of thioether (sulfide) groups is 1. The molecular weight excluding hydrogens is 398 g/mol. The molecule has 30 heavy (non-hydrogen) atoms. The fourth-order valence-electron chi connectivity index (χ4n) is 3.18. The molecular formula is C23H27N3O3S. The van der Waals surface area contributed by atoms with Crippen LogP contribution in [0.2, 0.25) is 0 Å². The van der Waals surface area contributed by atoms with Crippen LogP contribution in [0.15, 0.2) is 52.4 Å². The van der Waals surface area contributed by atoms with Crippen LogP contribution in [0, 0.1) is 6.92 Å². The molecule has 2 aromatic carbocycles. The van der Waals surface area contributed by atoms with Crippen LogP contribution in [0.1, 0.15) is 31.7 Å². The van der Waals surface area contributed by atoms with Crippen molar-refractivity contribution in [2.75, 3.05) is 19.4 Å². The van der Waals surface area contributed by atoms with E-state index < -0.39 is 0 Å². The lowest BCUT2D eigenvalue weighted by atomic mass is 10.2. The van der Waals surface area contributed by atoms with Crippen molar-refractivity contribution in [2.24, 2.45) is 0 Å². The van der Waals surface area contributed by atoms with Crippen molar-refractivity contribution in [3.05, 3.63) is 58.4 Å². The normalized spacial score (nSPS) is 10.9. The fraction of sp³-hybridized carbons (Fsp3) is 0.348. The first kappa shape index (κ1) is 21.9. The second kappa shape index (κ2) is 10.3. The van der Waals surface area contributed by atoms with E-state index in [1.807, 2.05) is 43.3 Å². The number of ether oxygens (including phenoxy) is 1. The third kappa shape index (κ3) is 5.02. The van der Waals surface area contributed by atoms with Crippen molar-refractivity contribution >= 4 is 28.6 Å². The lowest BCUT2D eigenvalue weighted by Gasteiger charge is -2.16. The number of para-hydroxylation sites is 1. The Hall–Kier alpha value is -2.80. The van der Waals surface area contributed by atoms with Gasteiger partial charge in [-0.2, -0.15) is 0 Å². The molecule has 0 radical (unpaired) electrons. The monoisotopic (exact) mass is 425 g/mol. The molecule has 0 unspecified atom stereocenters. The Morgan fingerprint density at radius 1 is 1.20 bits per heavy atom. The number of hydrogen-bond donors (Lipinski definition) is 1. The second-order valence-electron chi connectivity index (χ2n) is 7.07. The predicted octanol–water partition coefficient (Wildman–Crippen LogP) is 4.10. The van der Waals surface area contributed by atoms with Crippen molar-refractivity contribution in [3.8, 4) is 11.4 Å². The topological polar surface area (TPSA) is 73.2 Å². The molecule has 0 bridgehead atoms. The highest BCUT2D eigenvalue weighted by Gasteiger charge is 2.17. The van der Waals surface area contributed by atoms with Gasteiger partial charge >= 0.3 is 0 Å². The predicted molar refractivity (Wildman–Crippen MR) is 122 cm³/mol. The third-order valence-corrected chi connectivity index (χ3v) is 5.69. The Bertz CT molecular complexity index is 1090. The summed E-state index contributed by atoms with van der Waals surface area (Å²) in [6.45, 7) is 4.75. The first-order chi connectivity index (χ1) is 14.5. The molecule has 0 aliphatic carbocycles. The summed E-state index contributed by atoms with van der Waals surface area (Å²) in [6, 6.07) is 12.9. The van der Waals surface area contributed by atoms with Gasteiger partial charge in [0.1, 0.15) is 5.75 Å². The van der Waals surface area contributed by atoms with E-state index in [-0.39, 0.29) is 17.2 Å². The zero-order chi connectivity index (χ0) is 21.5. The second-order valence-corrected chi connectivity index (χ2v) is 8.02. The number of rotatable bonds is 9. The SMILES string of the molecule is CCCCCNC(=O)CSc1nc2ccccc2c(=O)n1-c1cc(C)ccc1OC. The van der Waals surface area contributed by atoms with Gasteiger partial charge in [-0.3, -0.25) is 14.2 Å². The van der Waals surface area contributed by atoms with Gasteiger partial charge in [0.25, 0.3) is 5.56 Å². The molecule has 0 aliphatic heterocycles. The van der Waals surface area contributed by atoms with Gasteiger partial charge in [0.05, 0.1) is 29.5 Å². The van der Waals surface area contributed by atoms with Gasteiger partial charge in [-0.05, 0) is 43.2 Å². The number of aryl methyl sites for hydroxylation is 1. The zero-order valence-electron chi connectivity index (χ0n) is 17.6. The van der Waals surface area contributed by atoms with Crippen LogP contribution in [0.25, 0.3) is 16.6 Å². The summed E-state index contributed by atoms with van der Waals surface area (Å²) < 4.78 is 7.05. The molecule has 6 nitrogen and oxygen atoms in total. The summed E-state index contributed by atoms with van der Waals surface area (Å²) in [6.07, 6.45) is 3.16. The molecule has 1 heterocycles. The standard InChI is InChI=1S/C23H27N3O3S/c1-4-5-8-13-24-21(27)15-30-23-25-18-10-7-6-9-17(18)22(28)26(23)19-14-16(2)11-12-20(19)29-3/h6-7,9-12,14H,4-5,8,13,15H2,1-3H3,(H,24,27). The van der Waals surface area contributed by atoms with Gasteiger partial charge in [0.2, 0.25) is 5.91 Å². The van der Waals surface area contributed by atoms with E-state index in [0.717, 1.165) is 24.8 Å². The molecule has 158 valence electrons. The van der Waals surface area contributed by atoms with Crippen LogP contribution < -0.4 is 15.6 Å². The van der Waals surface area contributed by atoms with Crippen molar-refractivity contribution in [1.82, 2.24) is 14.9 Å². The van der Waals surface area contributed by atoms with Gasteiger partial charge in [-0.15, -0.1) is 0 Å². The summed E-state index contributed by atoms with van der Waals surface area (Å²) in [7, 11) is 1.57. The lowest BCUT2D eigenvalue weighted by Crippen LogP contribution is -2.27. The molecule has 0 fully saturated rings. The van der Waals surface area contributed by atoms with Gasteiger partial charge in [-0.25, -0.2) is 4.98 Å². The third-order valence-electron chi connectivity index (χ3n) is 4.76. The average Bonchev–Trinajstić information content (AvgIpc) is 2.75. The first-order valence-electron chi connectivity index (χ1n) is 10.1. The Morgan fingerprint density at radius 3 is 2.77 bits per heavy atom. The summed E-state index contributed by atoms with van der Waals surface area (Å²) in [5, 5.41) is 3.92. The van der Waals surface area contributed by atoms with Gasteiger partial charge in [0, 0.05) is 6.54 Å². The molecule has 0 aliphatic rings. The molecule has 0 spiro atoms. The van der Waals surface area contributed by atoms with Crippen molar-refractivity contribution < 1.29 is 9.53 Å². The van der Waals surface area contributed by atoms with Crippen molar-refractivity contribution in [1.29, 1.82) is 0 Å². The van der Waals surface area contributed by atoms with Gasteiger partial charge < -0.3 is 10.1 Å². The van der Waals surface area contributed by atoms with E-state index in [1.165, 1.54) is 11.8 Å². The smallest absolute Gasteiger partial charge is 0.266 e. The number of fused-ring (bicyclic) bond motifs is 1. The number of nitrogens with zero attached hydrogens (tertiary/aromatic N) is 2. The highest BCUT2D eigenvalue weighted by molar-refractivity contribution is 7.99. The minimum Gasteiger partial charge on any atom is -0.495 e. The molecule has 1 N–H and O–H groups in total. The maximum atomic E-state index is 13.4. The van der Waals surface area contributed by atoms with Crippen molar-refractivity contribution in [3.63, 3.8) is 0 Å². The summed E-state index contributed by atoms with van der Waals surface area (Å²) in [5.74, 6) is 0.692.